The Bertz CT molecular complexity index is 805. The van der Waals surface area contributed by atoms with E-state index in [4.69, 9.17) is 0 Å². The molecule has 0 bridgehead atoms. The van der Waals surface area contributed by atoms with Crippen LogP contribution in [0.5, 0.6) is 0 Å². The van der Waals surface area contributed by atoms with Gasteiger partial charge in [-0.2, -0.15) is 0 Å². The zero-order valence-corrected chi connectivity index (χ0v) is 18.7. The van der Waals surface area contributed by atoms with Gasteiger partial charge in [-0.25, -0.2) is 0 Å². The van der Waals surface area contributed by atoms with E-state index in [0.29, 0.717) is 18.8 Å². The fraction of sp³-hybridized carbons (Fsp3) is 0.417. The van der Waals surface area contributed by atoms with Crippen LogP contribution in [0.15, 0.2) is 48.5 Å². The first kappa shape index (κ1) is 23.0. The molecule has 2 rings (SSSR count). The molecule has 4 nitrogen and oxygen atoms in total. The molecule has 2 amide bonds. The molecule has 2 aromatic rings. The van der Waals surface area contributed by atoms with Crippen LogP contribution in [0.1, 0.15) is 42.5 Å². The standard InChI is InChI=1S/C24H32N2O2S/c1-5-14-25-24(28)20(4)26(15-21-12-10-18(2)11-13-21)23(27)17-29-16-22-9-7-6-8-19(22)3/h6-13,20H,5,14-17H2,1-4H3,(H,25,28)/t20-/m0/s1. The zero-order chi connectivity index (χ0) is 21.2. The maximum atomic E-state index is 13.0. The van der Waals surface area contributed by atoms with Crippen LogP contribution in [0.25, 0.3) is 0 Å². The summed E-state index contributed by atoms with van der Waals surface area (Å²) in [6.45, 7) is 9.01. The van der Waals surface area contributed by atoms with E-state index in [1.165, 1.54) is 16.7 Å². The molecule has 5 heteroatoms. The first-order chi connectivity index (χ1) is 13.9. The van der Waals surface area contributed by atoms with E-state index in [9.17, 15) is 9.59 Å². The molecule has 0 heterocycles. The molecule has 1 atom stereocenters. The molecule has 0 aliphatic rings. The van der Waals surface area contributed by atoms with Crippen molar-refractivity contribution in [1.82, 2.24) is 10.2 Å². The van der Waals surface area contributed by atoms with Crippen molar-refractivity contribution in [2.45, 2.75) is 52.5 Å². The van der Waals surface area contributed by atoms with Crippen LogP contribution >= 0.6 is 11.8 Å². The van der Waals surface area contributed by atoms with Gasteiger partial charge in [-0.15, -0.1) is 11.8 Å². The summed E-state index contributed by atoms with van der Waals surface area (Å²) >= 11 is 1.59. The Morgan fingerprint density at radius 2 is 1.76 bits per heavy atom. The molecule has 0 saturated heterocycles. The van der Waals surface area contributed by atoms with Crippen molar-refractivity contribution in [1.29, 1.82) is 0 Å². The Hall–Kier alpha value is -2.27. The van der Waals surface area contributed by atoms with Gasteiger partial charge in [0.1, 0.15) is 6.04 Å². The summed E-state index contributed by atoms with van der Waals surface area (Å²) in [4.78, 5) is 27.2. The predicted molar refractivity (Wildman–Crippen MR) is 122 cm³/mol. The maximum Gasteiger partial charge on any atom is 0.242 e. The monoisotopic (exact) mass is 412 g/mol. The quantitative estimate of drug-likeness (QED) is 0.626. The number of aryl methyl sites for hydroxylation is 2. The molecule has 0 aliphatic heterocycles. The normalized spacial score (nSPS) is 11.7. The summed E-state index contributed by atoms with van der Waals surface area (Å²) in [6, 6.07) is 15.8. The van der Waals surface area contributed by atoms with Crippen LogP contribution in [-0.2, 0) is 21.9 Å². The molecule has 156 valence electrons. The van der Waals surface area contributed by atoms with Crippen LogP contribution in [0, 0.1) is 13.8 Å². The Labute approximate surface area is 179 Å². The summed E-state index contributed by atoms with van der Waals surface area (Å²) in [6.07, 6.45) is 0.872. The lowest BCUT2D eigenvalue weighted by Gasteiger charge is -2.29. The second-order valence-electron chi connectivity index (χ2n) is 7.39. The minimum Gasteiger partial charge on any atom is -0.354 e. The van der Waals surface area contributed by atoms with Gasteiger partial charge < -0.3 is 10.2 Å². The number of rotatable bonds is 10. The molecular weight excluding hydrogens is 380 g/mol. The number of hydrogen-bond acceptors (Lipinski definition) is 3. The highest BCUT2D eigenvalue weighted by Crippen LogP contribution is 2.18. The highest BCUT2D eigenvalue weighted by molar-refractivity contribution is 7.99. The Balaban J connectivity index is 2.05. The minimum atomic E-state index is -0.505. The molecule has 0 fully saturated rings. The molecule has 0 radical (unpaired) electrons. The largest absolute Gasteiger partial charge is 0.354 e. The van der Waals surface area contributed by atoms with Crippen molar-refractivity contribution in [3.8, 4) is 0 Å². The van der Waals surface area contributed by atoms with Gasteiger partial charge >= 0.3 is 0 Å². The fourth-order valence-electron chi connectivity index (χ4n) is 2.97. The number of nitrogens with one attached hydrogen (secondary N) is 1. The third kappa shape index (κ3) is 7.24. The summed E-state index contributed by atoms with van der Waals surface area (Å²) in [5.74, 6) is 1.03. The van der Waals surface area contributed by atoms with Gasteiger partial charge in [-0.1, -0.05) is 61.0 Å². The lowest BCUT2D eigenvalue weighted by Crippen LogP contribution is -2.48. The van der Waals surface area contributed by atoms with Gasteiger partial charge in [0.15, 0.2) is 0 Å². The average molecular weight is 413 g/mol. The van der Waals surface area contributed by atoms with Gasteiger partial charge in [-0.05, 0) is 43.9 Å². The molecular formula is C24H32N2O2S. The number of carbonyl (C=O) groups excluding carboxylic acids is 2. The molecule has 1 N–H and O–H groups in total. The third-order valence-electron chi connectivity index (χ3n) is 4.93. The minimum absolute atomic E-state index is 0.0108. The summed E-state index contributed by atoms with van der Waals surface area (Å²) in [5, 5.41) is 2.91. The van der Waals surface area contributed by atoms with Crippen molar-refractivity contribution >= 4 is 23.6 Å². The number of amides is 2. The van der Waals surface area contributed by atoms with Gasteiger partial charge in [0.2, 0.25) is 11.8 Å². The molecule has 0 saturated carbocycles. The lowest BCUT2D eigenvalue weighted by molar-refractivity contribution is -0.138. The Kier molecular flexibility index (Phi) is 9.26. The van der Waals surface area contributed by atoms with Gasteiger partial charge in [0, 0.05) is 18.8 Å². The lowest BCUT2D eigenvalue weighted by atomic mass is 10.1. The van der Waals surface area contributed by atoms with Crippen LogP contribution in [0.2, 0.25) is 0 Å². The number of carbonyl (C=O) groups is 2. The number of nitrogens with zero attached hydrogens (tertiary/aromatic N) is 1. The van der Waals surface area contributed by atoms with Crippen LogP contribution in [0.4, 0.5) is 0 Å². The molecule has 2 aromatic carbocycles. The van der Waals surface area contributed by atoms with Gasteiger partial charge in [0.25, 0.3) is 0 Å². The van der Waals surface area contributed by atoms with E-state index in [2.05, 4.69) is 24.4 Å². The highest BCUT2D eigenvalue weighted by Gasteiger charge is 2.25. The zero-order valence-electron chi connectivity index (χ0n) is 17.9. The van der Waals surface area contributed by atoms with Crippen LogP contribution in [-0.4, -0.2) is 35.1 Å². The molecule has 0 spiro atoms. The molecule has 0 unspecified atom stereocenters. The van der Waals surface area contributed by atoms with Crippen LogP contribution < -0.4 is 5.32 Å². The summed E-state index contributed by atoms with van der Waals surface area (Å²) in [5.41, 5.74) is 4.68. The highest BCUT2D eigenvalue weighted by atomic mass is 32.2. The van der Waals surface area contributed by atoms with Gasteiger partial charge in [0.05, 0.1) is 5.75 Å². The summed E-state index contributed by atoms with van der Waals surface area (Å²) in [7, 11) is 0. The molecule has 29 heavy (non-hydrogen) atoms. The SMILES string of the molecule is CCCNC(=O)[C@H](C)N(Cc1ccc(C)cc1)C(=O)CSCc1ccccc1C. The van der Waals surface area contributed by atoms with Crippen molar-refractivity contribution in [2.75, 3.05) is 12.3 Å². The average Bonchev–Trinajstić information content (AvgIpc) is 2.72. The predicted octanol–water partition coefficient (Wildman–Crippen LogP) is 4.48. The van der Waals surface area contributed by atoms with E-state index in [0.717, 1.165) is 17.7 Å². The number of benzene rings is 2. The maximum absolute atomic E-state index is 13.0. The number of hydrogen-bond donors (Lipinski definition) is 1. The van der Waals surface area contributed by atoms with Crippen molar-refractivity contribution in [3.63, 3.8) is 0 Å². The Morgan fingerprint density at radius 1 is 1.07 bits per heavy atom. The smallest absolute Gasteiger partial charge is 0.242 e. The van der Waals surface area contributed by atoms with E-state index >= 15 is 0 Å². The van der Waals surface area contributed by atoms with Crippen LogP contribution in [0.3, 0.4) is 0 Å². The topological polar surface area (TPSA) is 49.4 Å². The first-order valence-electron chi connectivity index (χ1n) is 10.2. The molecule has 0 aliphatic carbocycles. The van der Waals surface area contributed by atoms with E-state index in [-0.39, 0.29) is 11.8 Å². The second kappa shape index (κ2) is 11.7. The fourth-order valence-corrected chi connectivity index (χ4v) is 3.96. The van der Waals surface area contributed by atoms with Crippen molar-refractivity contribution in [3.05, 3.63) is 70.8 Å². The van der Waals surface area contributed by atoms with E-state index in [1.807, 2.05) is 57.2 Å². The van der Waals surface area contributed by atoms with E-state index in [1.54, 1.807) is 16.7 Å². The number of thioether (sulfide) groups is 1. The van der Waals surface area contributed by atoms with Crippen molar-refractivity contribution in [2.24, 2.45) is 0 Å². The molecule has 0 aromatic heterocycles. The van der Waals surface area contributed by atoms with E-state index < -0.39 is 6.04 Å². The van der Waals surface area contributed by atoms with Crippen molar-refractivity contribution < 1.29 is 9.59 Å². The summed E-state index contributed by atoms with van der Waals surface area (Å²) < 4.78 is 0. The third-order valence-corrected chi connectivity index (χ3v) is 5.90. The first-order valence-corrected chi connectivity index (χ1v) is 11.3. The second-order valence-corrected chi connectivity index (χ2v) is 8.38. The Morgan fingerprint density at radius 3 is 2.41 bits per heavy atom. The van der Waals surface area contributed by atoms with Gasteiger partial charge in [-0.3, -0.25) is 9.59 Å².